The molecule has 5 nitrogen and oxygen atoms in total. The van der Waals surface area contributed by atoms with E-state index < -0.39 is 0 Å². The van der Waals surface area contributed by atoms with E-state index in [-0.39, 0.29) is 11.6 Å². The summed E-state index contributed by atoms with van der Waals surface area (Å²) in [6, 6.07) is 0.109. The summed E-state index contributed by atoms with van der Waals surface area (Å²) in [7, 11) is 0. The van der Waals surface area contributed by atoms with E-state index in [0.29, 0.717) is 0 Å². The molecule has 96 valence electrons. The highest BCUT2D eigenvalue weighted by Crippen LogP contribution is 2.29. The Kier molecular flexibility index (Phi) is 3.81. The number of nitrogens with zero attached hydrogens (tertiary/aromatic N) is 2. The normalized spacial score (nSPS) is 26.3. The van der Waals surface area contributed by atoms with Crippen LogP contribution in [0.25, 0.3) is 0 Å². The monoisotopic (exact) mass is 238 g/mol. The van der Waals surface area contributed by atoms with Gasteiger partial charge in [-0.05, 0) is 26.7 Å². The number of hydrazine groups is 1. The fraction of sp³-hybridized carbons (Fsp3) is 0.750. The largest absolute Gasteiger partial charge is 0.374 e. The topological polar surface area (TPSA) is 65.1 Å². The zero-order valence-electron chi connectivity index (χ0n) is 10.6. The second-order valence-electron chi connectivity index (χ2n) is 4.82. The highest BCUT2D eigenvalue weighted by molar-refractivity contribution is 5.01. The number of nitrogens with two attached hydrogens (primary N) is 1. The molecular weight excluding hydrogens is 216 g/mol. The number of aromatic nitrogens is 2. The summed E-state index contributed by atoms with van der Waals surface area (Å²) in [5.41, 5.74) is 2.73. The van der Waals surface area contributed by atoms with Crippen LogP contribution in [0.5, 0.6) is 0 Å². The first-order chi connectivity index (χ1) is 8.19. The summed E-state index contributed by atoms with van der Waals surface area (Å²) < 4.78 is 7.98. The van der Waals surface area contributed by atoms with Gasteiger partial charge in [-0.3, -0.25) is 11.3 Å². The molecule has 2 unspecified atom stereocenters. The first-order valence-electron chi connectivity index (χ1n) is 6.29. The van der Waals surface area contributed by atoms with Gasteiger partial charge in [0.2, 0.25) is 0 Å². The van der Waals surface area contributed by atoms with Crippen molar-refractivity contribution in [3.05, 3.63) is 18.2 Å². The molecule has 0 saturated carbocycles. The predicted octanol–water partition coefficient (Wildman–Crippen LogP) is 0.846. The van der Waals surface area contributed by atoms with Crippen molar-refractivity contribution in [1.82, 2.24) is 15.0 Å². The summed E-state index contributed by atoms with van der Waals surface area (Å²) in [5.74, 6) is 6.74. The zero-order valence-corrected chi connectivity index (χ0v) is 10.6. The molecule has 2 atom stereocenters. The smallest absolute Gasteiger partial charge is 0.110 e. The summed E-state index contributed by atoms with van der Waals surface area (Å²) in [4.78, 5) is 4.39. The lowest BCUT2D eigenvalue weighted by atomic mass is 9.91. The Morgan fingerprint density at radius 3 is 3.12 bits per heavy atom. The van der Waals surface area contributed by atoms with Crippen LogP contribution in [0.3, 0.4) is 0 Å². The number of hydrogen-bond donors (Lipinski definition) is 2. The average molecular weight is 238 g/mol. The van der Waals surface area contributed by atoms with Crippen molar-refractivity contribution in [3.8, 4) is 0 Å². The minimum atomic E-state index is -0.167. The minimum absolute atomic E-state index is 0.109. The van der Waals surface area contributed by atoms with Crippen LogP contribution in [-0.2, 0) is 17.7 Å². The van der Waals surface area contributed by atoms with E-state index in [2.05, 4.69) is 28.8 Å². The van der Waals surface area contributed by atoms with Gasteiger partial charge in [0.05, 0.1) is 11.6 Å². The molecule has 1 aliphatic rings. The van der Waals surface area contributed by atoms with Gasteiger partial charge < -0.3 is 9.30 Å². The number of hydrogen-bond acceptors (Lipinski definition) is 4. The molecule has 1 aromatic rings. The Morgan fingerprint density at radius 2 is 2.53 bits per heavy atom. The third-order valence-corrected chi connectivity index (χ3v) is 3.72. The molecule has 0 aromatic carbocycles. The Labute approximate surface area is 102 Å². The summed E-state index contributed by atoms with van der Waals surface area (Å²) in [6.45, 7) is 6.01. The van der Waals surface area contributed by atoms with Gasteiger partial charge in [0.15, 0.2) is 0 Å². The van der Waals surface area contributed by atoms with Gasteiger partial charge in [0.25, 0.3) is 0 Å². The van der Waals surface area contributed by atoms with Crippen LogP contribution >= 0.6 is 0 Å². The molecule has 0 aliphatic carbocycles. The maximum Gasteiger partial charge on any atom is 0.110 e. The molecule has 3 N–H and O–H groups in total. The van der Waals surface area contributed by atoms with Gasteiger partial charge in [-0.2, -0.15) is 0 Å². The molecule has 1 saturated heterocycles. The van der Waals surface area contributed by atoms with Crippen molar-refractivity contribution in [1.29, 1.82) is 0 Å². The van der Waals surface area contributed by atoms with Crippen LogP contribution in [0.2, 0.25) is 0 Å². The Hall–Kier alpha value is -0.910. The molecule has 17 heavy (non-hydrogen) atoms. The molecule has 0 spiro atoms. The van der Waals surface area contributed by atoms with Crippen molar-refractivity contribution in [2.45, 2.75) is 51.3 Å². The molecule has 0 amide bonds. The lowest BCUT2D eigenvalue weighted by molar-refractivity contribution is -0.0121. The molecule has 1 aliphatic heterocycles. The Morgan fingerprint density at radius 1 is 1.71 bits per heavy atom. The van der Waals surface area contributed by atoms with Crippen LogP contribution in [0.1, 0.15) is 32.5 Å². The maximum atomic E-state index is 5.84. The minimum Gasteiger partial charge on any atom is -0.374 e. The first-order valence-corrected chi connectivity index (χ1v) is 6.29. The van der Waals surface area contributed by atoms with Gasteiger partial charge in [0.1, 0.15) is 5.82 Å². The number of nitrogens with one attached hydrogen (secondary N) is 1. The Balaban J connectivity index is 2.09. The number of imidazole rings is 1. The molecule has 0 radical (unpaired) electrons. The molecule has 1 fully saturated rings. The Bertz CT molecular complexity index is 357. The van der Waals surface area contributed by atoms with Crippen molar-refractivity contribution in [3.63, 3.8) is 0 Å². The van der Waals surface area contributed by atoms with Crippen LogP contribution in [0, 0.1) is 0 Å². The molecule has 0 bridgehead atoms. The third-order valence-electron chi connectivity index (χ3n) is 3.72. The molecule has 2 rings (SSSR count). The predicted molar refractivity (Wildman–Crippen MR) is 66.3 cm³/mol. The van der Waals surface area contributed by atoms with Crippen molar-refractivity contribution >= 4 is 0 Å². The van der Waals surface area contributed by atoms with E-state index in [4.69, 9.17) is 10.6 Å². The summed E-state index contributed by atoms with van der Waals surface area (Å²) in [5, 5.41) is 0. The number of rotatable bonds is 5. The van der Waals surface area contributed by atoms with E-state index in [0.717, 1.165) is 38.2 Å². The van der Waals surface area contributed by atoms with Gasteiger partial charge in [0, 0.05) is 32.0 Å². The maximum absolute atomic E-state index is 5.84. The third kappa shape index (κ3) is 2.51. The van der Waals surface area contributed by atoms with E-state index in [1.165, 1.54) is 0 Å². The van der Waals surface area contributed by atoms with E-state index >= 15 is 0 Å². The molecule has 5 heteroatoms. The lowest BCUT2D eigenvalue weighted by Gasteiger charge is -2.32. The first kappa shape index (κ1) is 12.5. The second kappa shape index (κ2) is 5.16. The van der Waals surface area contributed by atoms with Crippen LogP contribution in [0.15, 0.2) is 12.4 Å². The van der Waals surface area contributed by atoms with Gasteiger partial charge in [-0.1, -0.05) is 0 Å². The molecule has 1 aromatic heterocycles. The fourth-order valence-electron chi connectivity index (χ4n) is 2.53. The van der Waals surface area contributed by atoms with E-state index in [9.17, 15) is 0 Å². The van der Waals surface area contributed by atoms with Crippen LogP contribution < -0.4 is 11.3 Å². The van der Waals surface area contributed by atoms with E-state index in [1.807, 2.05) is 12.4 Å². The van der Waals surface area contributed by atoms with Crippen LogP contribution in [0.4, 0.5) is 0 Å². The lowest BCUT2D eigenvalue weighted by Crippen LogP contribution is -2.52. The summed E-state index contributed by atoms with van der Waals surface area (Å²) >= 11 is 0. The van der Waals surface area contributed by atoms with E-state index in [1.54, 1.807) is 0 Å². The fourth-order valence-corrected chi connectivity index (χ4v) is 2.53. The molecular formula is C12H22N4O. The van der Waals surface area contributed by atoms with Crippen molar-refractivity contribution < 1.29 is 4.74 Å². The van der Waals surface area contributed by atoms with Crippen molar-refractivity contribution in [2.75, 3.05) is 6.61 Å². The van der Waals surface area contributed by atoms with Gasteiger partial charge in [-0.15, -0.1) is 0 Å². The standard InChI is InChI=1S/C12H22N4O/c1-3-16-7-6-14-11(16)9-10(15-13)12(2)5-4-8-17-12/h6-7,10,15H,3-5,8-9,13H2,1-2H3. The number of aryl methyl sites for hydroxylation is 1. The SMILES string of the molecule is CCn1ccnc1CC(NN)C1(C)CCCO1. The average Bonchev–Trinajstić information content (AvgIpc) is 2.95. The quantitative estimate of drug-likeness (QED) is 0.589. The number of ether oxygens (including phenoxy) is 1. The van der Waals surface area contributed by atoms with Gasteiger partial charge >= 0.3 is 0 Å². The zero-order chi connectivity index (χ0) is 12.3. The van der Waals surface area contributed by atoms with Crippen molar-refractivity contribution in [2.24, 2.45) is 5.84 Å². The molecule has 2 heterocycles. The van der Waals surface area contributed by atoms with Crippen LogP contribution in [-0.4, -0.2) is 27.8 Å². The second-order valence-corrected chi connectivity index (χ2v) is 4.82. The highest BCUT2D eigenvalue weighted by atomic mass is 16.5. The summed E-state index contributed by atoms with van der Waals surface area (Å²) in [6.07, 6.45) is 6.80. The highest BCUT2D eigenvalue weighted by Gasteiger charge is 2.38. The van der Waals surface area contributed by atoms with Gasteiger partial charge in [-0.25, -0.2) is 4.98 Å².